The molecule has 0 spiro atoms. The van der Waals surface area contributed by atoms with Crippen molar-refractivity contribution in [1.82, 2.24) is 10.2 Å². The van der Waals surface area contributed by atoms with Crippen molar-refractivity contribution in [2.45, 2.75) is 4.34 Å². The van der Waals surface area contributed by atoms with Gasteiger partial charge in [-0.05, 0) is 0 Å². The monoisotopic (exact) mass is 200 g/mol. The van der Waals surface area contributed by atoms with Crippen LogP contribution in [-0.4, -0.2) is 30.0 Å². The molecule has 0 aliphatic rings. The van der Waals surface area contributed by atoms with Crippen molar-refractivity contribution in [2.24, 2.45) is 0 Å². The normalized spacial score (nSPS) is 9.42. The van der Waals surface area contributed by atoms with Gasteiger partial charge < -0.3 is 4.90 Å². The molecule has 0 radical (unpaired) electrons. The Labute approximate surface area is 79.2 Å². The number of hydrogen-bond acceptors (Lipinski definition) is 6. The second-order valence-corrected chi connectivity index (χ2v) is 4.37. The molecule has 12 heavy (non-hydrogen) atoms. The first-order valence-electron chi connectivity index (χ1n) is 3.24. The summed E-state index contributed by atoms with van der Waals surface area (Å²) in [7, 11) is 3.83. The molecule has 0 bridgehead atoms. The van der Waals surface area contributed by atoms with Crippen LogP contribution in [0.15, 0.2) is 4.34 Å². The molecular formula is C6H8N4S2. The molecule has 0 atom stereocenters. The van der Waals surface area contributed by atoms with Gasteiger partial charge in [0.2, 0.25) is 5.13 Å². The van der Waals surface area contributed by atoms with Crippen LogP contribution in [0.4, 0.5) is 5.13 Å². The Hall–Kier alpha value is -0.800. The third-order valence-corrected chi connectivity index (χ3v) is 3.13. The number of aromatic nitrogens is 2. The van der Waals surface area contributed by atoms with Crippen LogP contribution in [0.25, 0.3) is 0 Å². The maximum absolute atomic E-state index is 8.32. The molecule has 0 aliphatic heterocycles. The molecule has 6 heteroatoms. The Balaban J connectivity index is 2.59. The van der Waals surface area contributed by atoms with Crippen LogP contribution in [0, 0.1) is 11.3 Å². The number of nitriles is 1. The highest BCUT2D eigenvalue weighted by molar-refractivity contribution is 8.01. The van der Waals surface area contributed by atoms with Crippen LogP contribution in [0.2, 0.25) is 0 Å². The van der Waals surface area contributed by atoms with Crippen molar-refractivity contribution in [3.8, 4) is 6.07 Å². The van der Waals surface area contributed by atoms with E-state index in [1.54, 1.807) is 0 Å². The predicted molar refractivity (Wildman–Crippen MR) is 50.6 cm³/mol. The van der Waals surface area contributed by atoms with Gasteiger partial charge in [0.15, 0.2) is 4.34 Å². The van der Waals surface area contributed by atoms with Gasteiger partial charge in [-0.15, -0.1) is 10.2 Å². The summed E-state index contributed by atoms with van der Waals surface area (Å²) < 4.78 is 0.847. The summed E-state index contributed by atoms with van der Waals surface area (Å²) in [5.74, 6) is 0.433. The van der Waals surface area contributed by atoms with Crippen LogP contribution in [0.1, 0.15) is 0 Å². The zero-order chi connectivity index (χ0) is 8.97. The zero-order valence-corrected chi connectivity index (χ0v) is 8.45. The first-order chi connectivity index (χ1) is 5.74. The molecule has 1 heterocycles. The Morgan fingerprint density at radius 3 is 2.83 bits per heavy atom. The molecule has 1 aromatic rings. The lowest BCUT2D eigenvalue weighted by molar-refractivity contribution is 0.973. The fourth-order valence-electron chi connectivity index (χ4n) is 0.536. The predicted octanol–water partition coefficient (Wildman–Crippen LogP) is 1.22. The molecule has 0 saturated heterocycles. The summed E-state index contributed by atoms with van der Waals surface area (Å²) in [6.07, 6.45) is 0. The number of nitrogens with zero attached hydrogens (tertiary/aromatic N) is 4. The van der Waals surface area contributed by atoms with Crippen molar-refractivity contribution in [3.05, 3.63) is 0 Å². The number of rotatable bonds is 3. The summed E-state index contributed by atoms with van der Waals surface area (Å²) in [4.78, 5) is 1.90. The van der Waals surface area contributed by atoms with Gasteiger partial charge in [-0.3, -0.25) is 0 Å². The third-order valence-electron chi connectivity index (χ3n) is 1.04. The van der Waals surface area contributed by atoms with E-state index in [-0.39, 0.29) is 0 Å². The van der Waals surface area contributed by atoms with Gasteiger partial charge in [0.25, 0.3) is 0 Å². The molecule has 1 aromatic heterocycles. The molecule has 4 nitrogen and oxygen atoms in total. The van der Waals surface area contributed by atoms with E-state index in [1.165, 1.54) is 23.1 Å². The van der Waals surface area contributed by atoms with Crippen molar-refractivity contribution < 1.29 is 0 Å². The number of thioether (sulfide) groups is 1. The number of anilines is 1. The highest BCUT2D eigenvalue weighted by Gasteiger charge is 2.04. The Morgan fingerprint density at radius 2 is 2.33 bits per heavy atom. The van der Waals surface area contributed by atoms with Gasteiger partial charge in [0.05, 0.1) is 11.8 Å². The molecule has 0 aromatic carbocycles. The smallest absolute Gasteiger partial charge is 0.208 e. The lowest BCUT2D eigenvalue weighted by Gasteiger charge is -2.03. The van der Waals surface area contributed by atoms with E-state index in [2.05, 4.69) is 10.2 Å². The van der Waals surface area contributed by atoms with Gasteiger partial charge >= 0.3 is 0 Å². The topological polar surface area (TPSA) is 52.8 Å². The summed E-state index contributed by atoms with van der Waals surface area (Å²) in [5, 5.41) is 17.0. The van der Waals surface area contributed by atoms with Crippen LogP contribution in [-0.2, 0) is 0 Å². The molecule has 1 rings (SSSR count). The Morgan fingerprint density at radius 1 is 1.58 bits per heavy atom. The van der Waals surface area contributed by atoms with Crippen molar-refractivity contribution in [3.63, 3.8) is 0 Å². The Bertz CT molecular complexity index is 288. The molecule has 0 fully saturated rings. The summed E-state index contributed by atoms with van der Waals surface area (Å²) in [5.41, 5.74) is 0. The van der Waals surface area contributed by atoms with Gasteiger partial charge in [-0.1, -0.05) is 23.1 Å². The van der Waals surface area contributed by atoms with E-state index in [9.17, 15) is 0 Å². The molecule has 64 valence electrons. The highest BCUT2D eigenvalue weighted by atomic mass is 32.2. The highest BCUT2D eigenvalue weighted by Crippen LogP contribution is 2.26. The second kappa shape index (κ2) is 4.28. The van der Waals surface area contributed by atoms with E-state index in [1.807, 2.05) is 25.1 Å². The minimum atomic E-state index is 0.433. The van der Waals surface area contributed by atoms with E-state index >= 15 is 0 Å². The van der Waals surface area contributed by atoms with Gasteiger partial charge in [-0.2, -0.15) is 5.26 Å². The SMILES string of the molecule is CN(C)c1nnc(SCC#N)s1. The minimum Gasteiger partial charge on any atom is -0.353 e. The molecule has 0 amide bonds. The largest absolute Gasteiger partial charge is 0.353 e. The van der Waals surface area contributed by atoms with E-state index in [0.717, 1.165) is 9.47 Å². The first-order valence-corrected chi connectivity index (χ1v) is 5.05. The standard InChI is InChI=1S/C6H8N4S2/c1-10(2)5-8-9-6(12-5)11-4-3-7/h4H2,1-2H3. The van der Waals surface area contributed by atoms with Gasteiger partial charge in [0, 0.05) is 14.1 Å². The van der Waals surface area contributed by atoms with E-state index < -0.39 is 0 Å². The Kier molecular flexibility index (Phi) is 3.31. The first kappa shape index (κ1) is 9.29. The minimum absolute atomic E-state index is 0.433. The quantitative estimate of drug-likeness (QED) is 0.687. The zero-order valence-electron chi connectivity index (χ0n) is 6.81. The van der Waals surface area contributed by atoms with Gasteiger partial charge in [-0.25, -0.2) is 0 Å². The van der Waals surface area contributed by atoms with Crippen LogP contribution in [0.3, 0.4) is 0 Å². The molecule has 0 saturated carbocycles. The van der Waals surface area contributed by atoms with Crippen LogP contribution in [0.5, 0.6) is 0 Å². The molecule has 0 unspecified atom stereocenters. The number of hydrogen-bond donors (Lipinski definition) is 0. The van der Waals surface area contributed by atoms with Crippen LogP contribution < -0.4 is 4.90 Å². The average molecular weight is 200 g/mol. The molecule has 0 aliphatic carbocycles. The summed E-state index contributed by atoms with van der Waals surface area (Å²) in [6.45, 7) is 0. The van der Waals surface area contributed by atoms with Gasteiger partial charge in [0.1, 0.15) is 0 Å². The maximum Gasteiger partial charge on any atom is 0.208 e. The van der Waals surface area contributed by atoms with Crippen molar-refractivity contribution in [2.75, 3.05) is 24.7 Å². The van der Waals surface area contributed by atoms with Crippen molar-refractivity contribution in [1.29, 1.82) is 5.26 Å². The maximum atomic E-state index is 8.32. The fourth-order valence-corrected chi connectivity index (χ4v) is 1.96. The lowest BCUT2D eigenvalue weighted by atomic mass is 10.9. The molecule has 0 N–H and O–H groups in total. The summed E-state index contributed by atoms with van der Waals surface area (Å²) >= 11 is 2.91. The summed E-state index contributed by atoms with van der Waals surface area (Å²) in [6, 6.07) is 2.04. The lowest BCUT2D eigenvalue weighted by Crippen LogP contribution is -2.07. The second-order valence-electron chi connectivity index (χ2n) is 2.19. The van der Waals surface area contributed by atoms with Crippen molar-refractivity contribution >= 4 is 28.2 Å². The third kappa shape index (κ3) is 2.36. The molecular weight excluding hydrogens is 192 g/mol. The van der Waals surface area contributed by atoms with E-state index in [0.29, 0.717) is 5.75 Å². The van der Waals surface area contributed by atoms with E-state index in [4.69, 9.17) is 5.26 Å². The van der Waals surface area contributed by atoms with Crippen LogP contribution >= 0.6 is 23.1 Å². The average Bonchev–Trinajstić information content (AvgIpc) is 2.48. The fraction of sp³-hybridized carbons (Fsp3) is 0.500.